The molecule has 0 amide bonds. The molecule has 0 radical (unpaired) electrons. The fourth-order valence-electron chi connectivity index (χ4n) is 2.81. The van der Waals surface area contributed by atoms with Gasteiger partial charge in [0.25, 0.3) is 0 Å². The number of ether oxygens (including phenoxy) is 1. The van der Waals surface area contributed by atoms with Crippen LogP contribution in [0, 0.1) is 11.3 Å². The Morgan fingerprint density at radius 3 is 2.67 bits per heavy atom. The van der Waals surface area contributed by atoms with Crippen molar-refractivity contribution in [3.63, 3.8) is 0 Å². The molecular weight excluding hydrogens is 262 g/mol. The van der Waals surface area contributed by atoms with E-state index in [1.165, 1.54) is 0 Å². The quantitative estimate of drug-likeness (QED) is 0.533. The first-order chi connectivity index (χ1) is 10.3. The molecule has 0 saturated carbocycles. The second-order valence-corrected chi connectivity index (χ2v) is 4.84. The van der Waals surface area contributed by atoms with Gasteiger partial charge in [-0.3, -0.25) is 9.38 Å². The lowest BCUT2D eigenvalue weighted by atomic mass is 10.2. The molecule has 100 valence electrons. The minimum absolute atomic E-state index is 0.626. The number of hydrogen-bond acceptors (Lipinski definition) is 3. The highest BCUT2D eigenvalue weighted by Gasteiger charge is 2.14. The third-order valence-corrected chi connectivity index (χ3v) is 3.78. The van der Waals surface area contributed by atoms with Crippen LogP contribution < -0.4 is 4.74 Å². The van der Waals surface area contributed by atoms with Crippen molar-refractivity contribution in [2.45, 2.75) is 0 Å². The lowest BCUT2D eigenvalue weighted by molar-refractivity contribution is 0.415. The molecule has 2 aromatic carbocycles. The van der Waals surface area contributed by atoms with E-state index in [1.54, 1.807) is 7.11 Å². The fraction of sp³-hybridized carbons (Fsp3) is 0.0588. The third-order valence-electron chi connectivity index (χ3n) is 3.78. The first-order valence-electron chi connectivity index (χ1n) is 6.59. The maximum atomic E-state index is 9.59. The van der Waals surface area contributed by atoms with Crippen molar-refractivity contribution in [3.05, 3.63) is 54.4 Å². The molecule has 2 heterocycles. The number of benzene rings is 2. The molecule has 0 unspecified atom stereocenters. The van der Waals surface area contributed by atoms with Crippen LogP contribution in [0.25, 0.3) is 27.3 Å². The van der Waals surface area contributed by atoms with E-state index in [0.717, 1.165) is 33.1 Å². The van der Waals surface area contributed by atoms with Crippen molar-refractivity contribution in [3.8, 4) is 11.8 Å². The summed E-state index contributed by atoms with van der Waals surface area (Å²) in [7, 11) is 1.63. The van der Waals surface area contributed by atoms with E-state index in [-0.39, 0.29) is 0 Å². The summed E-state index contributed by atoms with van der Waals surface area (Å²) in [4.78, 5) is 4.50. The first kappa shape index (κ1) is 11.7. The van der Waals surface area contributed by atoms with E-state index in [4.69, 9.17) is 4.74 Å². The summed E-state index contributed by atoms with van der Waals surface area (Å²) in [5, 5.41) is 11.6. The highest BCUT2D eigenvalue weighted by Crippen LogP contribution is 2.30. The van der Waals surface area contributed by atoms with Crippen molar-refractivity contribution < 1.29 is 4.74 Å². The minimum Gasteiger partial charge on any atom is -0.497 e. The van der Waals surface area contributed by atoms with Crippen LogP contribution in [-0.4, -0.2) is 16.5 Å². The van der Waals surface area contributed by atoms with Gasteiger partial charge in [0.05, 0.1) is 29.9 Å². The summed E-state index contributed by atoms with van der Waals surface area (Å²) in [5.41, 5.74) is 3.27. The average Bonchev–Trinajstić information content (AvgIpc) is 2.88. The first-order valence-corrected chi connectivity index (χ1v) is 6.59. The number of hydrogen-bond donors (Lipinski definition) is 0. The number of fused-ring (bicyclic) bond motifs is 5. The highest BCUT2D eigenvalue weighted by molar-refractivity contribution is 6.03. The van der Waals surface area contributed by atoms with E-state index < -0.39 is 0 Å². The molecule has 4 nitrogen and oxygen atoms in total. The van der Waals surface area contributed by atoms with Gasteiger partial charge in [0.2, 0.25) is 0 Å². The molecule has 0 aliphatic rings. The summed E-state index contributed by atoms with van der Waals surface area (Å²) in [6.07, 6.45) is 1.82. The Morgan fingerprint density at radius 1 is 1.10 bits per heavy atom. The maximum absolute atomic E-state index is 9.59. The lowest BCUT2D eigenvalue weighted by Crippen LogP contribution is -1.94. The molecule has 0 saturated heterocycles. The Balaban J connectivity index is 2.32. The van der Waals surface area contributed by atoms with E-state index in [1.807, 2.05) is 53.1 Å². The van der Waals surface area contributed by atoms with Crippen LogP contribution >= 0.6 is 0 Å². The van der Waals surface area contributed by atoms with Crippen LogP contribution in [0.5, 0.6) is 5.75 Å². The van der Waals surface area contributed by atoms with Crippen LogP contribution in [0.1, 0.15) is 5.69 Å². The Labute approximate surface area is 120 Å². The number of nitrogens with zero attached hydrogens (tertiary/aromatic N) is 3. The number of aromatic nitrogens is 2. The van der Waals surface area contributed by atoms with Gasteiger partial charge >= 0.3 is 0 Å². The smallest absolute Gasteiger partial charge is 0.133 e. The van der Waals surface area contributed by atoms with Crippen LogP contribution in [0.2, 0.25) is 0 Å². The van der Waals surface area contributed by atoms with E-state index in [9.17, 15) is 5.26 Å². The van der Waals surface area contributed by atoms with E-state index >= 15 is 0 Å². The van der Waals surface area contributed by atoms with Gasteiger partial charge < -0.3 is 4.74 Å². The van der Waals surface area contributed by atoms with Crippen molar-refractivity contribution >= 4 is 27.3 Å². The summed E-state index contributed by atoms with van der Waals surface area (Å²) in [6, 6.07) is 15.9. The van der Waals surface area contributed by atoms with Crippen molar-refractivity contribution in [1.82, 2.24) is 9.38 Å². The molecular formula is C17H11N3O. The zero-order chi connectivity index (χ0) is 14.4. The molecule has 0 atom stereocenters. The van der Waals surface area contributed by atoms with Gasteiger partial charge in [-0.15, -0.1) is 0 Å². The zero-order valence-electron chi connectivity index (χ0n) is 11.4. The Hall–Kier alpha value is -3.06. The van der Waals surface area contributed by atoms with Gasteiger partial charge in [0, 0.05) is 16.8 Å². The SMILES string of the molecule is COc1ccc2ncc3c4ccccc4c(C#N)n3c2c1. The molecule has 4 aromatic rings. The van der Waals surface area contributed by atoms with Gasteiger partial charge in [-0.2, -0.15) is 5.26 Å². The zero-order valence-corrected chi connectivity index (χ0v) is 11.4. The highest BCUT2D eigenvalue weighted by atomic mass is 16.5. The van der Waals surface area contributed by atoms with Gasteiger partial charge in [-0.05, 0) is 12.1 Å². The van der Waals surface area contributed by atoms with E-state index in [2.05, 4.69) is 11.1 Å². The minimum atomic E-state index is 0.626. The predicted octanol–water partition coefficient (Wildman–Crippen LogP) is 3.52. The number of rotatable bonds is 1. The second-order valence-electron chi connectivity index (χ2n) is 4.84. The topological polar surface area (TPSA) is 50.3 Å². The molecule has 0 spiro atoms. The molecule has 0 fully saturated rings. The van der Waals surface area contributed by atoms with Gasteiger partial charge in [0.15, 0.2) is 0 Å². The molecule has 0 N–H and O–H groups in total. The molecule has 0 bridgehead atoms. The van der Waals surface area contributed by atoms with Gasteiger partial charge in [0.1, 0.15) is 17.5 Å². The summed E-state index contributed by atoms with van der Waals surface area (Å²) in [6.45, 7) is 0. The van der Waals surface area contributed by atoms with Crippen LogP contribution in [-0.2, 0) is 0 Å². The summed E-state index contributed by atoms with van der Waals surface area (Å²) < 4.78 is 7.25. The van der Waals surface area contributed by atoms with Crippen molar-refractivity contribution in [2.75, 3.05) is 7.11 Å². The maximum Gasteiger partial charge on any atom is 0.133 e. The molecule has 0 aliphatic carbocycles. The summed E-state index contributed by atoms with van der Waals surface area (Å²) >= 11 is 0. The predicted molar refractivity (Wildman–Crippen MR) is 81.5 cm³/mol. The molecule has 0 aliphatic heterocycles. The van der Waals surface area contributed by atoms with Gasteiger partial charge in [-0.1, -0.05) is 24.3 Å². The molecule has 4 rings (SSSR count). The van der Waals surface area contributed by atoms with Crippen molar-refractivity contribution in [2.24, 2.45) is 0 Å². The van der Waals surface area contributed by atoms with Crippen LogP contribution in [0.3, 0.4) is 0 Å². The molecule has 4 heteroatoms. The summed E-state index contributed by atoms with van der Waals surface area (Å²) in [5.74, 6) is 0.749. The fourth-order valence-corrected chi connectivity index (χ4v) is 2.81. The lowest BCUT2D eigenvalue weighted by Gasteiger charge is -2.05. The Morgan fingerprint density at radius 2 is 1.90 bits per heavy atom. The largest absolute Gasteiger partial charge is 0.497 e. The van der Waals surface area contributed by atoms with Crippen LogP contribution in [0.4, 0.5) is 0 Å². The average molecular weight is 273 g/mol. The molecule has 2 aromatic heterocycles. The van der Waals surface area contributed by atoms with Gasteiger partial charge in [-0.25, -0.2) is 0 Å². The third kappa shape index (κ3) is 1.52. The standard InChI is InChI=1S/C17H11N3O/c1-21-11-6-7-14-15(8-11)20-16(9-18)12-4-2-3-5-13(12)17(20)10-19-14/h2-8,10H,1H3. The normalized spacial score (nSPS) is 11.0. The number of methoxy groups -OCH3 is 1. The Bertz CT molecular complexity index is 1040. The second kappa shape index (κ2) is 4.22. The number of nitriles is 1. The molecule has 21 heavy (non-hydrogen) atoms. The Kier molecular flexibility index (Phi) is 2.36. The van der Waals surface area contributed by atoms with E-state index in [0.29, 0.717) is 5.69 Å². The van der Waals surface area contributed by atoms with Crippen LogP contribution in [0.15, 0.2) is 48.7 Å². The van der Waals surface area contributed by atoms with Crippen molar-refractivity contribution in [1.29, 1.82) is 5.26 Å². The monoisotopic (exact) mass is 273 g/mol.